The van der Waals surface area contributed by atoms with Gasteiger partial charge in [-0.15, -0.1) is 0 Å². The smallest absolute Gasteiger partial charge is 0.242 e. The van der Waals surface area contributed by atoms with Gasteiger partial charge in [0.25, 0.3) is 0 Å². The van der Waals surface area contributed by atoms with E-state index in [0.29, 0.717) is 5.92 Å². The predicted molar refractivity (Wildman–Crippen MR) is 91.5 cm³/mol. The molecule has 1 aromatic carbocycles. The van der Waals surface area contributed by atoms with Gasteiger partial charge in [-0.3, -0.25) is 9.59 Å². The molecule has 2 aliphatic heterocycles. The highest BCUT2D eigenvalue weighted by Crippen LogP contribution is 2.41. The second-order valence-corrected chi connectivity index (χ2v) is 7.60. The Morgan fingerprint density at radius 1 is 1.26 bits per heavy atom. The third-order valence-corrected chi connectivity index (χ3v) is 5.33. The first-order chi connectivity index (χ1) is 10.8. The van der Waals surface area contributed by atoms with Gasteiger partial charge in [0, 0.05) is 18.8 Å². The predicted octanol–water partition coefficient (Wildman–Crippen LogP) is 2.88. The van der Waals surface area contributed by atoms with Gasteiger partial charge in [-0.2, -0.15) is 0 Å². The van der Waals surface area contributed by atoms with Crippen molar-refractivity contribution < 1.29 is 9.59 Å². The van der Waals surface area contributed by atoms with Crippen LogP contribution in [0.2, 0.25) is 0 Å². The van der Waals surface area contributed by atoms with Gasteiger partial charge in [0.2, 0.25) is 11.8 Å². The average molecular weight is 314 g/mol. The topological polar surface area (TPSA) is 40.6 Å². The molecule has 0 aliphatic carbocycles. The summed E-state index contributed by atoms with van der Waals surface area (Å²) in [5.74, 6) is 0.779. The molecular formula is C19H26N2O2. The zero-order chi connectivity index (χ0) is 16.8. The number of aryl methyl sites for hydroxylation is 1. The van der Waals surface area contributed by atoms with Crippen LogP contribution in [-0.2, 0) is 15.0 Å². The number of fused-ring (bicyclic) bond motifs is 1. The number of benzene rings is 1. The normalized spacial score (nSPS) is 20.8. The monoisotopic (exact) mass is 314 g/mol. The molecule has 0 aromatic heterocycles. The SMILES string of the molecule is Cc1ccc2c(c1)C(C)(C)C(=O)N2CC(=O)N1CCC(C)CC1. The Kier molecular flexibility index (Phi) is 3.95. The summed E-state index contributed by atoms with van der Waals surface area (Å²) in [6, 6.07) is 6.05. The van der Waals surface area contributed by atoms with Crippen LogP contribution in [0, 0.1) is 12.8 Å². The van der Waals surface area contributed by atoms with Crippen LogP contribution in [0.3, 0.4) is 0 Å². The van der Waals surface area contributed by atoms with Gasteiger partial charge in [0.05, 0.1) is 5.41 Å². The molecule has 0 radical (unpaired) electrons. The lowest BCUT2D eigenvalue weighted by Gasteiger charge is -2.32. The van der Waals surface area contributed by atoms with Crippen molar-refractivity contribution >= 4 is 17.5 Å². The maximum Gasteiger partial charge on any atom is 0.242 e. The maximum atomic E-state index is 12.8. The highest BCUT2D eigenvalue weighted by Gasteiger charge is 2.44. The molecule has 0 atom stereocenters. The van der Waals surface area contributed by atoms with Gasteiger partial charge >= 0.3 is 0 Å². The van der Waals surface area contributed by atoms with Crippen molar-refractivity contribution in [2.45, 2.75) is 46.0 Å². The fourth-order valence-electron chi connectivity index (χ4n) is 3.60. The minimum Gasteiger partial charge on any atom is -0.341 e. The molecule has 0 N–H and O–H groups in total. The Bertz CT molecular complexity index is 643. The Labute approximate surface area is 138 Å². The minimum atomic E-state index is -0.557. The molecule has 0 bridgehead atoms. The molecule has 0 spiro atoms. The third kappa shape index (κ3) is 2.75. The van der Waals surface area contributed by atoms with E-state index in [1.807, 2.05) is 37.8 Å². The first-order valence-corrected chi connectivity index (χ1v) is 8.51. The molecule has 4 heteroatoms. The summed E-state index contributed by atoms with van der Waals surface area (Å²) in [5, 5.41) is 0. The summed E-state index contributed by atoms with van der Waals surface area (Å²) in [5.41, 5.74) is 2.51. The second kappa shape index (κ2) is 5.66. The minimum absolute atomic E-state index is 0.0248. The fourth-order valence-corrected chi connectivity index (χ4v) is 3.60. The lowest BCUT2D eigenvalue weighted by atomic mass is 9.85. The average Bonchev–Trinajstić information content (AvgIpc) is 2.69. The highest BCUT2D eigenvalue weighted by molar-refractivity contribution is 6.10. The fraction of sp³-hybridized carbons (Fsp3) is 0.579. The summed E-state index contributed by atoms with van der Waals surface area (Å²) in [7, 11) is 0. The highest BCUT2D eigenvalue weighted by atomic mass is 16.2. The molecule has 0 saturated carbocycles. The van der Waals surface area contributed by atoms with Crippen LogP contribution in [0.25, 0.3) is 0 Å². The van der Waals surface area contributed by atoms with E-state index in [9.17, 15) is 9.59 Å². The number of anilines is 1. The summed E-state index contributed by atoms with van der Waals surface area (Å²) >= 11 is 0. The molecule has 3 rings (SSSR count). The lowest BCUT2D eigenvalue weighted by molar-refractivity contribution is -0.133. The molecule has 1 fully saturated rings. The summed E-state index contributed by atoms with van der Waals surface area (Å²) in [6.07, 6.45) is 2.11. The number of nitrogens with zero attached hydrogens (tertiary/aromatic N) is 2. The first-order valence-electron chi connectivity index (χ1n) is 8.51. The Balaban J connectivity index is 1.81. The molecule has 0 unspecified atom stereocenters. The molecular weight excluding hydrogens is 288 g/mol. The van der Waals surface area contributed by atoms with E-state index in [1.165, 1.54) is 0 Å². The van der Waals surface area contributed by atoms with Crippen LogP contribution in [0.15, 0.2) is 18.2 Å². The molecule has 4 nitrogen and oxygen atoms in total. The van der Waals surface area contributed by atoms with Crippen LogP contribution in [-0.4, -0.2) is 36.3 Å². The standard InChI is InChI=1S/C19H26N2O2/c1-13-7-9-20(10-8-13)17(22)12-21-16-6-5-14(2)11-15(16)19(3,4)18(21)23/h5-6,11,13H,7-10,12H2,1-4H3. The van der Waals surface area contributed by atoms with Gasteiger partial charge in [0.15, 0.2) is 0 Å². The van der Waals surface area contributed by atoms with E-state index in [-0.39, 0.29) is 18.4 Å². The number of rotatable bonds is 2. The zero-order valence-corrected chi connectivity index (χ0v) is 14.6. The number of likely N-dealkylation sites (tertiary alicyclic amines) is 1. The molecule has 1 aromatic rings. The lowest BCUT2D eigenvalue weighted by Crippen LogP contribution is -2.46. The van der Waals surface area contributed by atoms with Crippen LogP contribution >= 0.6 is 0 Å². The van der Waals surface area contributed by atoms with Crippen LogP contribution in [0.4, 0.5) is 5.69 Å². The van der Waals surface area contributed by atoms with Crippen molar-refractivity contribution in [3.8, 4) is 0 Å². The Hall–Kier alpha value is -1.84. The number of hydrogen-bond donors (Lipinski definition) is 0. The van der Waals surface area contributed by atoms with Gasteiger partial charge in [0.1, 0.15) is 6.54 Å². The quantitative estimate of drug-likeness (QED) is 0.842. The second-order valence-electron chi connectivity index (χ2n) is 7.60. The molecule has 23 heavy (non-hydrogen) atoms. The third-order valence-electron chi connectivity index (χ3n) is 5.33. The largest absolute Gasteiger partial charge is 0.341 e. The first kappa shape index (κ1) is 16.0. The number of carbonyl (C=O) groups is 2. The van der Waals surface area contributed by atoms with E-state index in [1.54, 1.807) is 4.90 Å². The van der Waals surface area contributed by atoms with Gasteiger partial charge in [-0.1, -0.05) is 24.6 Å². The van der Waals surface area contributed by atoms with Gasteiger partial charge < -0.3 is 9.80 Å². The number of hydrogen-bond acceptors (Lipinski definition) is 2. The van der Waals surface area contributed by atoms with Crippen LogP contribution < -0.4 is 4.90 Å². The molecule has 2 amide bonds. The summed E-state index contributed by atoms with van der Waals surface area (Å²) < 4.78 is 0. The van der Waals surface area contributed by atoms with E-state index >= 15 is 0 Å². The Morgan fingerprint density at radius 3 is 2.57 bits per heavy atom. The van der Waals surface area contributed by atoms with Crippen molar-refractivity contribution in [3.63, 3.8) is 0 Å². The zero-order valence-electron chi connectivity index (χ0n) is 14.6. The van der Waals surface area contributed by atoms with Crippen molar-refractivity contribution in [2.24, 2.45) is 5.92 Å². The number of carbonyl (C=O) groups excluding carboxylic acids is 2. The molecule has 124 valence electrons. The van der Waals surface area contributed by atoms with Gasteiger partial charge in [-0.25, -0.2) is 0 Å². The van der Waals surface area contributed by atoms with E-state index in [2.05, 4.69) is 13.0 Å². The number of piperidine rings is 1. The van der Waals surface area contributed by atoms with E-state index < -0.39 is 5.41 Å². The molecule has 2 heterocycles. The maximum absolute atomic E-state index is 12.8. The summed E-state index contributed by atoms with van der Waals surface area (Å²) in [6.45, 7) is 9.93. The van der Waals surface area contributed by atoms with E-state index in [4.69, 9.17) is 0 Å². The molecule has 2 aliphatic rings. The van der Waals surface area contributed by atoms with Crippen LogP contribution in [0.5, 0.6) is 0 Å². The Morgan fingerprint density at radius 2 is 1.91 bits per heavy atom. The number of amides is 2. The van der Waals surface area contributed by atoms with Crippen molar-refractivity contribution in [2.75, 3.05) is 24.5 Å². The van der Waals surface area contributed by atoms with Gasteiger partial charge in [-0.05, 0) is 51.2 Å². The molecule has 1 saturated heterocycles. The van der Waals surface area contributed by atoms with Crippen molar-refractivity contribution in [1.82, 2.24) is 4.90 Å². The van der Waals surface area contributed by atoms with E-state index in [0.717, 1.165) is 42.7 Å². The summed E-state index contributed by atoms with van der Waals surface area (Å²) in [4.78, 5) is 29.0. The van der Waals surface area contributed by atoms with Crippen LogP contribution in [0.1, 0.15) is 44.7 Å². The van der Waals surface area contributed by atoms with Crippen molar-refractivity contribution in [3.05, 3.63) is 29.3 Å². The van der Waals surface area contributed by atoms with Crippen molar-refractivity contribution in [1.29, 1.82) is 0 Å².